The largest absolute Gasteiger partial charge is 0.398 e. The molecule has 5 heteroatoms. The van der Waals surface area contributed by atoms with E-state index in [2.05, 4.69) is 57.8 Å². The summed E-state index contributed by atoms with van der Waals surface area (Å²) in [5, 5.41) is 1.01. The van der Waals surface area contributed by atoms with E-state index in [1.807, 2.05) is 18.3 Å². The molecule has 0 fully saturated rings. The SMILES string of the molecule is CCCN(CCN(C)C)c1ccc(N)c2cc(Br)cnc12. The summed E-state index contributed by atoms with van der Waals surface area (Å²) in [6.45, 7) is 5.22. The van der Waals surface area contributed by atoms with Crippen LogP contribution in [0.3, 0.4) is 0 Å². The second kappa shape index (κ2) is 7.09. The van der Waals surface area contributed by atoms with Crippen molar-refractivity contribution in [2.24, 2.45) is 0 Å². The molecule has 1 aromatic carbocycles. The summed E-state index contributed by atoms with van der Waals surface area (Å²) in [6.07, 6.45) is 2.94. The average molecular weight is 351 g/mol. The van der Waals surface area contributed by atoms with Gasteiger partial charge in [-0.25, -0.2) is 0 Å². The number of benzene rings is 1. The molecule has 1 heterocycles. The Morgan fingerprint density at radius 2 is 1.95 bits per heavy atom. The van der Waals surface area contributed by atoms with E-state index < -0.39 is 0 Å². The van der Waals surface area contributed by atoms with Gasteiger partial charge in [-0.3, -0.25) is 4.98 Å². The summed E-state index contributed by atoms with van der Waals surface area (Å²) >= 11 is 3.47. The summed E-state index contributed by atoms with van der Waals surface area (Å²) < 4.78 is 0.953. The van der Waals surface area contributed by atoms with Crippen LogP contribution in [0.2, 0.25) is 0 Å². The summed E-state index contributed by atoms with van der Waals surface area (Å²) in [6, 6.07) is 6.10. The highest BCUT2D eigenvalue weighted by Crippen LogP contribution is 2.31. The lowest BCUT2D eigenvalue weighted by Gasteiger charge is -2.27. The first kappa shape index (κ1) is 16.0. The van der Waals surface area contributed by atoms with Crippen molar-refractivity contribution in [1.29, 1.82) is 0 Å². The van der Waals surface area contributed by atoms with Crippen molar-refractivity contribution in [2.75, 3.05) is 44.4 Å². The summed E-state index contributed by atoms with van der Waals surface area (Å²) in [4.78, 5) is 9.18. The number of hydrogen-bond donors (Lipinski definition) is 1. The predicted molar refractivity (Wildman–Crippen MR) is 94.9 cm³/mol. The third-order valence-corrected chi connectivity index (χ3v) is 3.91. The Morgan fingerprint density at radius 1 is 1.19 bits per heavy atom. The highest BCUT2D eigenvalue weighted by molar-refractivity contribution is 9.10. The molecule has 0 amide bonds. The standard InChI is InChI=1S/C16H23BrN4/c1-4-7-21(9-8-20(2)3)15-6-5-14(18)13-10-12(17)11-19-16(13)15/h5-6,10-11H,4,7-9,18H2,1-3H3. The number of hydrogen-bond acceptors (Lipinski definition) is 4. The molecule has 4 nitrogen and oxygen atoms in total. The van der Waals surface area contributed by atoms with Crippen LogP contribution in [-0.2, 0) is 0 Å². The molecule has 0 radical (unpaired) electrons. The number of fused-ring (bicyclic) bond motifs is 1. The molecule has 0 atom stereocenters. The van der Waals surface area contributed by atoms with Crippen molar-refractivity contribution in [1.82, 2.24) is 9.88 Å². The highest BCUT2D eigenvalue weighted by atomic mass is 79.9. The van der Waals surface area contributed by atoms with Crippen molar-refractivity contribution >= 4 is 38.2 Å². The molecule has 21 heavy (non-hydrogen) atoms. The Bertz CT molecular complexity index is 612. The number of pyridine rings is 1. The fourth-order valence-electron chi connectivity index (χ4n) is 2.40. The predicted octanol–water partition coefficient (Wildman–Crippen LogP) is 3.36. The van der Waals surface area contributed by atoms with Gasteiger partial charge in [-0.2, -0.15) is 0 Å². The van der Waals surface area contributed by atoms with Crippen LogP contribution in [0, 0.1) is 0 Å². The second-order valence-electron chi connectivity index (χ2n) is 5.51. The van der Waals surface area contributed by atoms with Gasteiger partial charge in [0.1, 0.15) is 0 Å². The quantitative estimate of drug-likeness (QED) is 0.811. The molecule has 0 unspecified atom stereocenters. The van der Waals surface area contributed by atoms with Crippen LogP contribution in [0.5, 0.6) is 0 Å². The fourth-order valence-corrected chi connectivity index (χ4v) is 2.73. The number of halogens is 1. The van der Waals surface area contributed by atoms with Crippen LogP contribution < -0.4 is 10.6 Å². The highest BCUT2D eigenvalue weighted by Gasteiger charge is 2.13. The zero-order valence-corrected chi connectivity index (χ0v) is 14.5. The average Bonchev–Trinajstić information content (AvgIpc) is 2.44. The number of nitrogens with two attached hydrogens (primary N) is 1. The smallest absolute Gasteiger partial charge is 0.0956 e. The Labute approximate surface area is 135 Å². The third kappa shape index (κ3) is 3.86. The number of likely N-dealkylation sites (N-methyl/N-ethyl adjacent to an activating group) is 1. The molecule has 0 saturated heterocycles. The van der Waals surface area contributed by atoms with E-state index >= 15 is 0 Å². The van der Waals surface area contributed by atoms with Gasteiger partial charge >= 0.3 is 0 Å². The third-order valence-electron chi connectivity index (χ3n) is 3.48. The lowest BCUT2D eigenvalue weighted by Crippen LogP contribution is -2.32. The van der Waals surface area contributed by atoms with E-state index in [0.29, 0.717) is 0 Å². The number of anilines is 2. The van der Waals surface area contributed by atoms with Gasteiger partial charge in [0.25, 0.3) is 0 Å². The Hall–Kier alpha value is -1.33. The van der Waals surface area contributed by atoms with Crippen molar-refractivity contribution in [3.8, 4) is 0 Å². The number of nitrogens with zero attached hydrogens (tertiary/aromatic N) is 3. The van der Waals surface area contributed by atoms with Gasteiger partial charge in [0.05, 0.1) is 11.2 Å². The molecule has 0 bridgehead atoms. The zero-order valence-electron chi connectivity index (χ0n) is 12.9. The van der Waals surface area contributed by atoms with Crippen LogP contribution in [0.4, 0.5) is 11.4 Å². The normalized spacial score (nSPS) is 11.3. The van der Waals surface area contributed by atoms with Crippen molar-refractivity contribution in [3.63, 3.8) is 0 Å². The van der Waals surface area contributed by atoms with Crippen molar-refractivity contribution in [2.45, 2.75) is 13.3 Å². The Morgan fingerprint density at radius 3 is 2.62 bits per heavy atom. The van der Waals surface area contributed by atoms with Crippen LogP contribution in [-0.4, -0.2) is 43.6 Å². The number of rotatable bonds is 6. The summed E-state index contributed by atoms with van der Waals surface area (Å²) in [7, 11) is 4.20. The topological polar surface area (TPSA) is 45.4 Å². The molecule has 2 aromatic rings. The van der Waals surface area contributed by atoms with Gasteiger partial charge in [0.15, 0.2) is 0 Å². The van der Waals surface area contributed by atoms with E-state index in [9.17, 15) is 0 Å². The van der Waals surface area contributed by atoms with Crippen LogP contribution in [0.1, 0.15) is 13.3 Å². The van der Waals surface area contributed by atoms with Gasteiger partial charge < -0.3 is 15.5 Å². The van der Waals surface area contributed by atoms with Gasteiger partial charge in [-0.1, -0.05) is 6.92 Å². The van der Waals surface area contributed by atoms with E-state index in [0.717, 1.165) is 52.8 Å². The molecule has 2 N–H and O–H groups in total. The van der Waals surface area contributed by atoms with Crippen LogP contribution in [0.15, 0.2) is 28.9 Å². The van der Waals surface area contributed by atoms with Crippen LogP contribution >= 0.6 is 15.9 Å². The lowest BCUT2D eigenvalue weighted by atomic mass is 10.1. The lowest BCUT2D eigenvalue weighted by molar-refractivity contribution is 0.413. The molecular formula is C16H23BrN4. The minimum absolute atomic E-state index is 0.770. The van der Waals surface area contributed by atoms with E-state index in [4.69, 9.17) is 5.73 Å². The second-order valence-corrected chi connectivity index (χ2v) is 6.43. The van der Waals surface area contributed by atoms with Gasteiger partial charge in [0.2, 0.25) is 0 Å². The van der Waals surface area contributed by atoms with Gasteiger partial charge in [0, 0.05) is 41.4 Å². The Kier molecular flexibility index (Phi) is 5.42. The molecule has 0 saturated carbocycles. The van der Waals surface area contributed by atoms with Crippen LogP contribution in [0.25, 0.3) is 10.9 Å². The maximum Gasteiger partial charge on any atom is 0.0956 e. The molecule has 0 aliphatic heterocycles. The maximum absolute atomic E-state index is 6.10. The van der Waals surface area contributed by atoms with E-state index in [1.165, 1.54) is 0 Å². The molecule has 2 rings (SSSR count). The first-order chi connectivity index (χ1) is 10.0. The summed E-state index contributed by atoms with van der Waals surface area (Å²) in [5.74, 6) is 0. The maximum atomic E-state index is 6.10. The molecule has 1 aromatic heterocycles. The monoisotopic (exact) mass is 350 g/mol. The molecule has 0 aliphatic rings. The van der Waals surface area contributed by atoms with Gasteiger partial charge in [-0.05, 0) is 54.6 Å². The Balaban J connectivity index is 2.44. The first-order valence-electron chi connectivity index (χ1n) is 7.26. The molecule has 114 valence electrons. The summed E-state index contributed by atoms with van der Waals surface area (Å²) in [5.41, 5.74) is 9.01. The van der Waals surface area contributed by atoms with E-state index in [1.54, 1.807) is 0 Å². The molecular weight excluding hydrogens is 328 g/mol. The number of aromatic nitrogens is 1. The molecule has 0 aliphatic carbocycles. The molecule has 0 spiro atoms. The van der Waals surface area contributed by atoms with Crippen molar-refractivity contribution in [3.05, 3.63) is 28.9 Å². The minimum atomic E-state index is 0.770. The minimum Gasteiger partial charge on any atom is -0.398 e. The first-order valence-corrected chi connectivity index (χ1v) is 8.05. The van der Waals surface area contributed by atoms with Gasteiger partial charge in [-0.15, -0.1) is 0 Å². The van der Waals surface area contributed by atoms with E-state index in [-0.39, 0.29) is 0 Å². The van der Waals surface area contributed by atoms with Crippen molar-refractivity contribution < 1.29 is 0 Å². The fraction of sp³-hybridized carbons (Fsp3) is 0.438. The zero-order chi connectivity index (χ0) is 15.4. The number of nitrogen functional groups attached to an aromatic ring is 1.